The van der Waals surface area contributed by atoms with Crippen molar-refractivity contribution in [3.8, 4) is 0 Å². The van der Waals surface area contributed by atoms with E-state index in [0.29, 0.717) is 0 Å². The number of hydrogen-bond acceptors (Lipinski definition) is 5. The molecular weight excluding hydrogens is 264 g/mol. The van der Waals surface area contributed by atoms with Crippen LogP contribution in [0.3, 0.4) is 0 Å². The molecule has 7 heteroatoms. The van der Waals surface area contributed by atoms with Crippen LogP contribution in [0.15, 0.2) is 24.3 Å². The molecule has 3 aliphatic rings. The van der Waals surface area contributed by atoms with Gasteiger partial charge in [0.1, 0.15) is 6.04 Å². The van der Waals surface area contributed by atoms with Crippen molar-refractivity contribution in [2.75, 3.05) is 13.2 Å². The molecule has 7 nitrogen and oxygen atoms in total. The lowest BCUT2D eigenvalue weighted by Crippen LogP contribution is -2.60. The molecule has 20 heavy (non-hydrogen) atoms. The van der Waals surface area contributed by atoms with E-state index in [9.17, 15) is 14.4 Å². The number of ether oxygens (including phenoxy) is 2. The van der Waals surface area contributed by atoms with Gasteiger partial charge in [-0.15, -0.1) is 0 Å². The van der Waals surface area contributed by atoms with Crippen LogP contribution in [-0.4, -0.2) is 53.3 Å². The SMILES string of the molecule is CCOC(=O)N1[C@H]2C=CC(=O)[C@@H](C=C2)N1C(=O)OCC. The molecule has 0 saturated heterocycles. The summed E-state index contributed by atoms with van der Waals surface area (Å²) < 4.78 is 9.86. The van der Waals surface area contributed by atoms with Gasteiger partial charge in [0.25, 0.3) is 0 Å². The Morgan fingerprint density at radius 3 is 2.25 bits per heavy atom. The number of ketones is 1. The molecule has 2 atom stereocenters. The highest BCUT2D eigenvalue weighted by Crippen LogP contribution is 2.25. The molecule has 2 heterocycles. The Labute approximate surface area is 116 Å². The van der Waals surface area contributed by atoms with Gasteiger partial charge in [0, 0.05) is 0 Å². The average molecular weight is 280 g/mol. The molecule has 3 rings (SSSR count). The van der Waals surface area contributed by atoms with Gasteiger partial charge in [0.05, 0.1) is 19.3 Å². The summed E-state index contributed by atoms with van der Waals surface area (Å²) in [6.07, 6.45) is 4.73. The first kappa shape index (κ1) is 14.1. The van der Waals surface area contributed by atoms with Gasteiger partial charge in [-0.25, -0.2) is 14.6 Å². The molecule has 1 aliphatic carbocycles. The zero-order valence-electron chi connectivity index (χ0n) is 11.3. The quantitative estimate of drug-likeness (QED) is 0.712. The maximum Gasteiger partial charge on any atom is 0.429 e. The van der Waals surface area contributed by atoms with E-state index < -0.39 is 24.3 Å². The Hall–Kier alpha value is -2.31. The van der Waals surface area contributed by atoms with E-state index in [1.807, 2.05) is 0 Å². The molecule has 2 bridgehead atoms. The molecule has 0 aromatic heterocycles. The van der Waals surface area contributed by atoms with Gasteiger partial charge in [-0.1, -0.05) is 18.2 Å². The van der Waals surface area contributed by atoms with Crippen LogP contribution in [0.1, 0.15) is 13.8 Å². The highest BCUT2D eigenvalue weighted by Gasteiger charge is 2.43. The van der Waals surface area contributed by atoms with Gasteiger partial charge in [0.15, 0.2) is 5.78 Å². The van der Waals surface area contributed by atoms with Crippen LogP contribution in [0.5, 0.6) is 0 Å². The topological polar surface area (TPSA) is 76.2 Å². The maximum atomic E-state index is 12.0. The number of rotatable bonds is 2. The Kier molecular flexibility index (Phi) is 4.07. The van der Waals surface area contributed by atoms with Crippen LogP contribution in [0.4, 0.5) is 9.59 Å². The van der Waals surface area contributed by atoms with E-state index in [-0.39, 0.29) is 19.0 Å². The number of nitrogens with zero attached hydrogens (tertiary/aromatic N) is 2. The number of carbonyl (C=O) groups excluding carboxylic acids is 3. The second-order valence-corrected chi connectivity index (χ2v) is 4.17. The highest BCUT2D eigenvalue weighted by atomic mass is 16.6. The van der Waals surface area contributed by atoms with Crippen LogP contribution in [0.2, 0.25) is 0 Å². The fraction of sp³-hybridized carbons (Fsp3) is 0.462. The average Bonchev–Trinajstić information content (AvgIpc) is 2.68. The molecule has 0 aromatic carbocycles. The third-order valence-corrected chi connectivity index (χ3v) is 2.93. The third kappa shape index (κ3) is 2.38. The summed E-state index contributed by atoms with van der Waals surface area (Å²) in [6, 6.07) is -1.42. The van der Waals surface area contributed by atoms with Gasteiger partial charge in [0.2, 0.25) is 0 Å². The van der Waals surface area contributed by atoms with Gasteiger partial charge < -0.3 is 9.47 Å². The predicted molar refractivity (Wildman–Crippen MR) is 68.6 cm³/mol. The molecule has 0 N–H and O–H groups in total. The first-order valence-electron chi connectivity index (χ1n) is 6.42. The van der Waals surface area contributed by atoms with E-state index in [1.165, 1.54) is 6.08 Å². The Balaban J connectivity index is 2.37. The van der Waals surface area contributed by atoms with Crippen molar-refractivity contribution >= 4 is 18.0 Å². The molecule has 0 radical (unpaired) electrons. The summed E-state index contributed by atoms with van der Waals surface area (Å²) >= 11 is 0. The lowest BCUT2D eigenvalue weighted by molar-refractivity contribution is -0.123. The molecule has 0 spiro atoms. The zero-order valence-corrected chi connectivity index (χ0v) is 11.3. The first-order chi connectivity index (χ1) is 9.60. The number of carbonyl (C=O) groups is 3. The number of hydrazine groups is 1. The zero-order chi connectivity index (χ0) is 14.7. The van der Waals surface area contributed by atoms with Crippen molar-refractivity contribution in [1.29, 1.82) is 0 Å². The Morgan fingerprint density at radius 2 is 1.65 bits per heavy atom. The Bertz CT molecular complexity index is 485. The van der Waals surface area contributed by atoms with Gasteiger partial charge in [-0.2, -0.15) is 5.01 Å². The molecule has 0 unspecified atom stereocenters. The second-order valence-electron chi connectivity index (χ2n) is 4.17. The van der Waals surface area contributed by atoms with E-state index in [0.717, 1.165) is 10.0 Å². The molecule has 2 aliphatic heterocycles. The van der Waals surface area contributed by atoms with Gasteiger partial charge in [-0.05, 0) is 19.9 Å². The second kappa shape index (κ2) is 5.77. The third-order valence-electron chi connectivity index (χ3n) is 2.93. The van der Waals surface area contributed by atoms with Crippen LogP contribution < -0.4 is 0 Å². The summed E-state index contributed by atoms with van der Waals surface area (Å²) in [4.78, 5) is 36.0. The van der Waals surface area contributed by atoms with Crippen molar-refractivity contribution < 1.29 is 23.9 Å². The highest BCUT2D eigenvalue weighted by molar-refractivity contribution is 5.99. The molecular formula is C13H16N2O5. The van der Waals surface area contributed by atoms with E-state index in [2.05, 4.69) is 0 Å². The summed E-state index contributed by atoms with van der Waals surface area (Å²) in [7, 11) is 0. The summed E-state index contributed by atoms with van der Waals surface area (Å²) in [5, 5.41) is 2.11. The van der Waals surface area contributed by atoms with Gasteiger partial charge >= 0.3 is 12.2 Å². The lowest BCUT2D eigenvalue weighted by atomic mass is 10.1. The molecule has 108 valence electrons. The fourth-order valence-corrected chi connectivity index (χ4v) is 2.10. The van der Waals surface area contributed by atoms with E-state index in [1.54, 1.807) is 32.1 Å². The van der Waals surface area contributed by atoms with E-state index in [4.69, 9.17) is 9.47 Å². The standard InChI is InChI=1S/C13H16N2O5/c1-3-19-12(17)14-9-5-7-10(11(16)8-6-9)15(14)13(18)20-4-2/h5-10H,3-4H2,1-2H3/t9-,10-/m1/s1. The summed E-state index contributed by atoms with van der Waals surface area (Å²) in [5.74, 6) is -0.288. The van der Waals surface area contributed by atoms with Gasteiger partial charge in [-0.3, -0.25) is 4.79 Å². The minimum Gasteiger partial charge on any atom is -0.448 e. The smallest absolute Gasteiger partial charge is 0.429 e. The monoisotopic (exact) mass is 280 g/mol. The van der Waals surface area contributed by atoms with Crippen LogP contribution in [0, 0.1) is 0 Å². The fourth-order valence-electron chi connectivity index (χ4n) is 2.10. The normalized spacial score (nSPS) is 23.8. The van der Waals surface area contributed by atoms with Crippen molar-refractivity contribution in [3.63, 3.8) is 0 Å². The number of hydrogen-bond donors (Lipinski definition) is 0. The van der Waals surface area contributed by atoms with Crippen molar-refractivity contribution in [1.82, 2.24) is 10.0 Å². The van der Waals surface area contributed by atoms with Crippen molar-refractivity contribution in [3.05, 3.63) is 24.3 Å². The minimum absolute atomic E-state index is 0.148. The van der Waals surface area contributed by atoms with E-state index >= 15 is 0 Å². The van der Waals surface area contributed by atoms with Crippen LogP contribution >= 0.6 is 0 Å². The summed E-state index contributed by atoms with van der Waals surface area (Å²) in [6.45, 7) is 3.64. The van der Waals surface area contributed by atoms with Crippen LogP contribution in [0.25, 0.3) is 0 Å². The predicted octanol–water partition coefficient (Wildman–Crippen LogP) is 1.26. The largest absolute Gasteiger partial charge is 0.448 e. The molecule has 0 fully saturated rings. The minimum atomic E-state index is -0.881. The number of amides is 2. The molecule has 0 saturated carbocycles. The lowest BCUT2D eigenvalue weighted by Gasteiger charge is -2.40. The van der Waals surface area contributed by atoms with Crippen molar-refractivity contribution in [2.24, 2.45) is 0 Å². The maximum absolute atomic E-state index is 12.0. The van der Waals surface area contributed by atoms with Crippen molar-refractivity contribution in [2.45, 2.75) is 25.9 Å². The Morgan fingerprint density at radius 1 is 1.05 bits per heavy atom. The van der Waals surface area contributed by atoms with Crippen LogP contribution in [-0.2, 0) is 14.3 Å². The molecule has 2 amide bonds. The number of fused-ring (bicyclic) bond motifs is 2. The summed E-state index contributed by atoms with van der Waals surface area (Å²) in [5.41, 5.74) is 0. The first-order valence-corrected chi connectivity index (χ1v) is 6.42. The molecule has 0 aromatic rings.